The largest absolute Gasteiger partial charge is 0.352 e. The monoisotopic (exact) mass is 364 g/mol. The summed E-state index contributed by atoms with van der Waals surface area (Å²) in [5.41, 5.74) is 0. The number of hydrogen-bond acceptors (Lipinski definition) is 5. The van der Waals surface area contributed by atoms with Crippen LogP contribution in [0.4, 0.5) is 0 Å². The summed E-state index contributed by atoms with van der Waals surface area (Å²) in [6.07, 6.45) is 7.24. The fourth-order valence-electron chi connectivity index (χ4n) is 2.99. The maximum Gasteiger partial charge on any atom is 0.233 e. The maximum absolute atomic E-state index is 12.5. The first kappa shape index (κ1) is 17.5. The number of carbonyl (C=O) groups excluding carboxylic acids is 1. The molecule has 0 saturated heterocycles. The lowest BCUT2D eigenvalue weighted by molar-refractivity contribution is -0.121. The van der Waals surface area contributed by atoms with Crippen molar-refractivity contribution >= 4 is 29.0 Å². The second kappa shape index (κ2) is 8.16. The molecule has 0 spiro atoms. The van der Waals surface area contributed by atoms with Gasteiger partial charge in [-0.05, 0) is 31.2 Å². The fourth-order valence-corrected chi connectivity index (χ4v) is 4.56. The zero-order valence-electron chi connectivity index (χ0n) is 14.2. The summed E-state index contributed by atoms with van der Waals surface area (Å²) in [6, 6.07) is 4.37. The van der Waals surface area contributed by atoms with Gasteiger partial charge in [0.05, 0.1) is 10.1 Å². The Morgan fingerprint density at radius 2 is 2.08 bits per heavy atom. The van der Waals surface area contributed by atoms with Gasteiger partial charge in [0.2, 0.25) is 5.91 Å². The van der Waals surface area contributed by atoms with Crippen molar-refractivity contribution in [3.05, 3.63) is 17.5 Å². The molecule has 130 valence electrons. The third-order valence-corrected chi connectivity index (χ3v) is 6.43. The van der Waals surface area contributed by atoms with Gasteiger partial charge in [0.25, 0.3) is 0 Å². The van der Waals surface area contributed by atoms with E-state index in [4.69, 9.17) is 0 Å². The number of nitrogens with one attached hydrogen (secondary N) is 1. The Labute approximate surface area is 151 Å². The van der Waals surface area contributed by atoms with Crippen molar-refractivity contribution in [1.82, 2.24) is 20.1 Å². The topological polar surface area (TPSA) is 59.8 Å². The minimum Gasteiger partial charge on any atom is -0.352 e. The van der Waals surface area contributed by atoms with Crippen molar-refractivity contribution in [2.75, 3.05) is 0 Å². The van der Waals surface area contributed by atoms with Crippen molar-refractivity contribution < 1.29 is 4.79 Å². The number of thioether (sulfide) groups is 1. The van der Waals surface area contributed by atoms with E-state index < -0.39 is 0 Å². The third kappa shape index (κ3) is 4.19. The molecule has 1 fully saturated rings. The predicted molar refractivity (Wildman–Crippen MR) is 99.3 cm³/mol. The summed E-state index contributed by atoms with van der Waals surface area (Å²) < 4.78 is 1.96. The predicted octanol–water partition coefficient (Wildman–Crippen LogP) is 3.86. The highest BCUT2D eigenvalue weighted by Crippen LogP contribution is 2.28. The summed E-state index contributed by atoms with van der Waals surface area (Å²) in [4.78, 5) is 13.6. The summed E-state index contributed by atoms with van der Waals surface area (Å²) in [5, 5.41) is 14.4. The van der Waals surface area contributed by atoms with Crippen LogP contribution in [0, 0.1) is 0 Å². The normalized spacial score (nSPS) is 17.4. The highest BCUT2D eigenvalue weighted by Gasteiger charge is 2.22. The average Bonchev–Trinajstić information content (AvgIpc) is 3.13. The quantitative estimate of drug-likeness (QED) is 0.646. The molecule has 1 aliphatic rings. The van der Waals surface area contributed by atoms with E-state index in [0.29, 0.717) is 6.04 Å². The van der Waals surface area contributed by atoms with Crippen LogP contribution in [0.5, 0.6) is 0 Å². The van der Waals surface area contributed by atoms with Crippen molar-refractivity contribution in [2.45, 2.75) is 61.9 Å². The van der Waals surface area contributed by atoms with Crippen LogP contribution in [-0.4, -0.2) is 32.0 Å². The van der Waals surface area contributed by atoms with Gasteiger partial charge in [-0.2, -0.15) is 0 Å². The molecule has 1 aliphatic carbocycles. The van der Waals surface area contributed by atoms with Crippen molar-refractivity contribution in [1.29, 1.82) is 0 Å². The smallest absolute Gasteiger partial charge is 0.233 e. The van der Waals surface area contributed by atoms with Crippen LogP contribution >= 0.6 is 23.1 Å². The minimum absolute atomic E-state index is 0.104. The maximum atomic E-state index is 12.5. The second-order valence-corrected chi connectivity index (χ2v) is 8.56. The summed E-state index contributed by atoms with van der Waals surface area (Å²) in [5.74, 6) is 0.955. The number of nitrogens with zero attached hydrogens (tertiary/aromatic N) is 3. The number of carbonyl (C=O) groups is 1. The lowest BCUT2D eigenvalue weighted by atomic mass is 10.1. The zero-order valence-corrected chi connectivity index (χ0v) is 15.8. The van der Waals surface area contributed by atoms with Crippen LogP contribution in [0.3, 0.4) is 0 Å². The minimum atomic E-state index is -0.174. The van der Waals surface area contributed by atoms with Gasteiger partial charge >= 0.3 is 0 Å². The molecule has 2 aromatic heterocycles. The Morgan fingerprint density at radius 3 is 2.75 bits per heavy atom. The van der Waals surface area contributed by atoms with E-state index in [-0.39, 0.29) is 11.2 Å². The molecule has 5 nitrogen and oxygen atoms in total. The van der Waals surface area contributed by atoms with Gasteiger partial charge in [-0.15, -0.1) is 21.5 Å². The molecule has 0 aromatic carbocycles. The van der Waals surface area contributed by atoms with Crippen LogP contribution in [0.25, 0.3) is 10.7 Å². The number of rotatable bonds is 5. The molecule has 0 bridgehead atoms. The Morgan fingerprint density at radius 1 is 1.33 bits per heavy atom. The van der Waals surface area contributed by atoms with E-state index in [2.05, 4.69) is 15.5 Å². The molecule has 3 rings (SSSR count). The first-order valence-electron chi connectivity index (χ1n) is 8.55. The Balaban J connectivity index is 1.60. The van der Waals surface area contributed by atoms with Crippen LogP contribution in [0.1, 0.15) is 45.4 Å². The average molecular weight is 365 g/mol. The Hall–Kier alpha value is -1.34. The summed E-state index contributed by atoms with van der Waals surface area (Å²) in [6.45, 7) is 1.94. The number of amides is 1. The van der Waals surface area contributed by atoms with E-state index in [1.165, 1.54) is 37.4 Å². The van der Waals surface area contributed by atoms with Gasteiger partial charge in [-0.25, -0.2) is 0 Å². The van der Waals surface area contributed by atoms with Gasteiger partial charge in [0.1, 0.15) is 0 Å². The molecule has 24 heavy (non-hydrogen) atoms. The molecule has 2 heterocycles. The molecule has 0 unspecified atom stereocenters. The number of thiophene rings is 1. The molecule has 0 radical (unpaired) electrons. The number of hydrogen-bond donors (Lipinski definition) is 1. The first-order chi connectivity index (χ1) is 11.6. The van der Waals surface area contributed by atoms with E-state index in [1.54, 1.807) is 11.3 Å². The molecule has 1 atom stereocenters. The molecular formula is C17H24N4OS2. The summed E-state index contributed by atoms with van der Waals surface area (Å²) >= 11 is 3.11. The van der Waals surface area contributed by atoms with Gasteiger partial charge < -0.3 is 9.88 Å². The van der Waals surface area contributed by atoms with Gasteiger partial charge in [0, 0.05) is 13.1 Å². The summed E-state index contributed by atoms with van der Waals surface area (Å²) in [7, 11) is 1.95. The van der Waals surface area contributed by atoms with E-state index >= 15 is 0 Å². The molecule has 7 heteroatoms. The molecule has 1 amide bonds. The lowest BCUT2D eigenvalue weighted by Gasteiger charge is -2.19. The molecule has 1 saturated carbocycles. The lowest BCUT2D eigenvalue weighted by Crippen LogP contribution is -2.39. The fraction of sp³-hybridized carbons (Fsp3) is 0.588. The number of aromatic nitrogens is 3. The molecule has 0 aliphatic heterocycles. The third-order valence-electron chi connectivity index (χ3n) is 4.43. The Kier molecular flexibility index (Phi) is 5.94. The molecule has 2 aromatic rings. The SMILES string of the molecule is C[C@H](Sc1nnc(-c2cccs2)n1C)C(=O)NC1CCCCCC1. The van der Waals surface area contributed by atoms with Gasteiger partial charge in [-0.3, -0.25) is 4.79 Å². The van der Waals surface area contributed by atoms with Gasteiger partial charge in [0.15, 0.2) is 11.0 Å². The highest BCUT2D eigenvalue weighted by atomic mass is 32.2. The standard InChI is InChI=1S/C17H24N4OS2/c1-12(16(22)18-13-8-5-3-4-6-9-13)24-17-20-19-15(21(17)2)14-10-7-11-23-14/h7,10-13H,3-6,8-9H2,1-2H3,(H,18,22)/t12-/m0/s1. The van der Waals surface area contributed by atoms with Crippen LogP contribution in [0.2, 0.25) is 0 Å². The van der Waals surface area contributed by atoms with Crippen LogP contribution in [0.15, 0.2) is 22.7 Å². The van der Waals surface area contributed by atoms with E-state index in [9.17, 15) is 4.79 Å². The molecular weight excluding hydrogens is 340 g/mol. The van der Waals surface area contributed by atoms with Crippen molar-refractivity contribution in [2.24, 2.45) is 7.05 Å². The van der Waals surface area contributed by atoms with E-state index in [0.717, 1.165) is 28.7 Å². The highest BCUT2D eigenvalue weighted by molar-refractivity contribution is 8.00. The van der Waals surface area contributed by atoms with Crippen molar-refractivity contribution in [3.8, 4) is 10.7 Å². The van der Waals surface area contributed by atoms with E-state index in [1.807, 2.05) is 36.1 Å². The Bertz CT molecular complexity index is 660. The zero-order chi connectivity index (χ0) is 16.9. The second-order valence-electron chi connectivity index (χ2n) is 6.30. The van der Waals surface area contributed by atoms with Gasteiger partial charge in [-0.1, -0.05) is 43.5 Å². The van der Waals surface area contributed by atoms with Crippen LogP contribution in [-0.2, 0) is 11.8 Å². The first-order valence-corrected chi connectivity index (χ1v) is 10.3. The van der Waals surface area contributed by atoms with Crippen LogP contribution < -0.4 is 5.32 Å². The molecule has 1 N–H and O–H groups in total. The van der Waals surface area contributed by atoms with Crippen molar-refractivity contribution in [3.63, 3.8) is 0 Å².